The zero-order valence-corrected chi connectivity index (χ0v) is 17.8. The predicted octanol–water partition coefficient (Wildman–Crippen LogP) is 6.82. The van der Waals surface area contributed by atoms with Crippen LogP contribution in [0, 0.1) is 6.92 Å². The van der Waals surface area contributed by atoms with Gasteiger partial charge in [-0.2, -0.15) is 0 Å². The van der Waals surface area contributed by atoms with Crippen LogP contribution >= 0.6 is 0 Å². The Morgan fingerprint density at radius 3 is 2.57 bits per heavy atom. The number of carbonyl (C=O) groups excluding carboxylic acids is 1. The molecule has 0 saturated carbocycles. The second kappa shape index (κ2) is 8.58. The van der Waals surface area contributed by atoms with E-state index in [9.17, 15) is 4.79 Å². The van der Waals surface area contributed by atoms with Crippen molar-refractivity contribution >= 4 is 11.8 Å². The number of fused-ring (bicyclic) bond motifs is 1. The highest BCUT2D eigenvalue weighted by Gasteiger charge is 2.16. The van der Waals surface area contributed by atoms with Gasteiger partial charge in [0.05, 0.1) is 5.69 Å². The molecule has 152 valence electrons. The van der Waals surface area contributed by atoms with E-state index >= 15 is 0 Å². The van der Waals surface area contributed by atoms with Gasteiger partial charge < -0.3 is 9.14 Å². The van der Waals surface area contributed by atoms with Gasteiger partial charge in [-0.1, -0.05) is 50.2 Å². The van der Waals surface area contributed by atoms with E-state index in [2.05, 4.69) is 57.2 Å². The predicted molar refractivity (Wildman–Crippen MR) is 122 cm³/mol. The third kappa shape index (κ3) is 3.88. The van der Waals surface area contributed by atoms with Gasteiger partial charge in [-0.3, -0.25) is 4.79 Å². The fourth-order valence-electron chi connectivity index (χ4n) is 3.85. The number of pyridine rings is 1. The van der Waals surface area contributed by atoms with Crippen molar-refractivity contribution in [2.24, 2.45) is 0 Å². The Morgan fingerprint density at radius 1 is 1.03 bits per heavy atom. The summed E-state index contributed by atoms with van der Waals surface area (Å²) in [6.07, 6.45) is 3.92. The lowest BCUT2D eigenvalue weighted by Crippen LogP contribution is -2.02. The van der Waals surface area contributed by atoms with E-state index in [-0.39, 0.29) is 0 Å². The number of aryl methyl sites for hydroxylation is 1. The Hall–Kier alpha value is -3.33. The second-order valence-electron chi connectivity index (χ2n) is 7.90. The number of hydrogen-bond donors (Lipinski definition) is 0. The summed E-state index contributed by atoms with van der Waals surface area (Å²) in [5.74, 6) is 1.26. The first-order valence-electron chi connectivity index (χ1n) is 10.5. The Labute approximate surface area is 177 Å². The topological polar surface area (TPSA) is 30.7 Å². The molecule has 0 aliphatic carbocycles. The van der Waals surface area contributed by atoms with Crippen LogP contribution in [0.5, 0.6) is 5.75 Å². The van der Waals surface area contributed by atoms with Gasteiger partial charge in [0.15, 0.2) is 6.29 Å². The molecule has 0 bridgehead atoms. The first-order valence-corrected chi connectivity index (χ1v) is 10.5. The van der Waals surface area contributed by atoms with Gasteiger partial charge in [0, 0.05) is 17.3 Å². The number of aromatic nitrogens is 1. The molecule has 2 heterocycles. The molecule has 0 N–H and O–H groups in total. The summed E-state index contributed by atoms with van der Waals surface area (Å²) >= 11 is 0. The molecular weight excluding hydrogens is 370 g/mol. The molecule has 0 spiro atoms. The zero-order chi connectivity index (χ0) is 21.1. The van der Waals surface area contributed by atoms with Gasteiger partial charge in [-0.05, 0) is 71.8 Å². The molecule has 0 amide bonds. The third-order valence-corrected chi connectivity index (χ3v) is 5.78. The first-order chi connectivity index (χ1) is 14.6. The average Bonchev–Trinajstić information content (AvgIpc) is 3.15. The highest BCUT2D eigenvalue weighted by atomic mass is 16.5. The SMILES string of the molecule is CCC(C)c1cc(-c2cc3cc(C)ccn3c2C=O)ccc1OCc1ccccc1. The Balaban J connectivity index is 1.74. The molecule has 4 aromatic rings. The molecule has 2 aromatic carbocycles. The lowest BCUT2D eigenvalue weighted by atomic mass is 9.93. The molecule has 1 unspecified atom stereocenters. The standard InChI is InChI=1S/C27H27NO2/c1-4-20(3)24-15-22(10-11-27(24)30-18-21-8-6-5-7-9-21)25-16-23-14-19(2)12-13-28(23)26(25)17-29/h5-17,20H,4,18H2,1-3H3. The van der Waals surface area contributed by atoms with E-state index in [1.54, 1.807) is 0 Å². The number of rotatable bonds is 7. The zero-order valence-electron chi connectivity index (χ0n) is 17.8. The monoisotopic (exact) mass is 397 g/mol. The van der Waals surface area contributed by atoms with Crippen LogP contribution in [0.1, 0.15) is 53.4 Å². The largest absolute Gasteiger partial charge is 0.489 e. The van der Waals surface area contributed by atoms with Crippen molar-refractivity contribution in [3.05, 3.63) is 95.3 Å². The Kier molecular flexibility index (Phi) is 5.71. The van der Waals surface area contributed by atoms with Gasteiger partial charge in [0.25, 0.3) is 0 Å². The highest BCUT2D eigenvalue weighted by Crippen LogP contribution is 2.35. The fraction of sp³-hybridized carbons (Fsp3) is 0.222. The number of benzene rings is 2. The number of nitrogens with zero attached hydrogens (tertiary/aromatic N) is 1. The van der Waals surface area contributed by atoms with Crippen LogP contribution in [0.2, 0.25) is 0 Å². The summed E-state index contributed by atoms with van der Waals surface area (Å²) in [4.78, 5) is 11.9. The van der Waals surface area contributed by atoms with E-state index in [1.807, 2.05) is 40.9 Å². The van der Waals surface area contributed by atoms with Crippen LogP contribution in [0.4, 0.5) is 0 Å². The molecule has 3 heteroatoms. The quantitative estimate of drug-likeness (QED) is 0.320. The van der Waals surface area contributed by atoms with E-state index in [0.717, 1.165) is 40.7 Å². The van der Waals surface area contributed by atoms with Crippen molar-refractivity contribution < 1.29 is 9.53 Å². The fourth-order valence-corrected chi connectivity index (χ4v) is 3.85. The maximum atomic E-state index is 11.9. The second-order valence-corrected chi connectivity index (χ2v) is 7.90. The van der Waals surface area contributed by atoms with E-state index in [0.29, 0.717) is 18.2 Å². The van der Waals surface area contributed by atoms with Crippen molar-refractivity contribution in [2.45, 2.75) is 39.7 Å². The molecule has 0 aliphatic rings. The number of ether oxygens (including phenoxy) is 1. The van der Waals surface area contributed by atoms with Crippen molar-refractivity contribution in [1.29, 1.82) is 0 Å². The van der Waals surface area contributed by atoms with E-state index < -0.39 is 0 Å². The maximum Gasteiger partial charge on any atom is 0.167 e. The molecule has 30 heavy (non-hydrogen) atoms. The molecule has 2 aromatic heterocycles. The Bertz CT molecular complexity index is 1170. The summed E-state index contributed by atoms with van der Waals surface area (Å²) < 4.78 is 8.15. The van der Waals surface area contributed by atoms with Crippen LogP contribution < -0.4 is 4.74 Å². The van der Waals surface area contributed by atoms with Gasteiger partial charge in [0.2, 0.25) is 0 Å². The van der Waals surface area contributed by atoms with Gasteiger partial charge >= 0.3 is 0 Å². The smallest absolute Gasteiger partial charge is 0.167 e. The van der Waals surface area contributed by atoms with Crippen molar-refractivity contribution in [3.8, 4) is 16.9 Å². The molecule has 3 nitrogen and oxygen atoms in total. The van der Waals surface area contributed by atoms with Gasteiger partial charge in [-0.25, -0.2) is 0 Å². The molecule has 0 radical (unpaired) electrons. The maximum absolute atomic E-state index is 11.9. The summed E-state index contributed by atoms with van der Waals surface area (Å²) in [5.41, 5.74) is 7.20. The normalized spacial score (nSPS) is 12.1. The van der Waals surface area contributed by atoms with Crippen LogP contribution in [0.25, 0.3) is 16.6 Å². The van der Waals surface area contributed by atoms with E-state index in [4.69, 9.17) is 4.74 Å². The lowest BCUT2D eigenvalue weighted by Gasteiger charge is -2.17. The summed E-state index contributed by atoms with van der Waals surface area (Å²) in [5, 5.41) is 0. The highest BCUT2D eigenvalue weighted by molar-refractivity contribution is 5.90. The molecule has 0 saturated heterocycles. The molecular formula is C27H27NO2. The first kappa shape index (κ1) is 20.0. The third-order valence-electron chi connectivity index (χ3n) is 5.78. The number of aldehydes is 1. The van der Waals surface area contributed by atoms with Crippen molar-refractivity contribution in [1.82, 2.24) is 4.40 Å². The average molecular weight is 398 g/mol. The van der Waals surface area contributed by atoms with Crippen molar-refractivity contribution in [3.63, 3.8) is 0 Å². The summed E-state index contributed by atoms with van der Waals surface area (Å²) in [6.45, 7) is 7.01. The van der Waals surface area contributed by atoms with Crippen LogP contribution in [0.3, 0.4) is 0 Å². The molecule has 0 fully saturated rings. The van der Waals surface area contributed by atoms with Crippen LogP contribution in [-0.4, -0.2) is 10.7 Å². The minimum absolute atomic E-state index is 0.356. The van der Waals surface area contributed by atoms with Gasteiger partial charge in [0.1, 0.15) is 12.4 Å². The lowest BCUT2D eigenvalue weighted by molar-refractivity contribution is 0.111. The summed E-state index contributed by atoms with van der Waals surface area (Å²) in [7, 11) is 0. The van der Waals surface area contributed by atoms with Crippen molar-refractivity contribution in [2.75, 3.05) is 0 Å². The van der Waals surface area contributed by atoms with Crippen LogP contribution in [0.15, 0.2) is 72.9 Å². The molecule has 4 rings (SSSR count). The minimum atomic E-state index is 0.356. The van der Waals surface area contributed by atoms with E-state index in [1.165, 1.54) is 11.1 Å². The number of carbonyl (C=O) groups is 1. The van der Waals surface area contributed by atoms with Crippen LogP contribution in [-0.2, 0) is 6.61 Å². The molecule has 1 atom stereocenters. The summed E-state index contributed by atoms with van der Waals surface area (Å²) in [6, 6.07) is 22.7. The Morgan fingerprint density at radius 2 is 1.83 bits per heavy atom. The number of hydrogen-bond acceptors (Lipinski definition) is 2. The molecule has 0 aliphatic heterocycles. The van der Waals surface area contributed by atoms with Gasteiger partial charge in [-0.15, -0.1) is 0 Å². The minimum Gasteiger partial charge on any atom is -0.489 e.